The van der Waals surface area contributed by atoms with Gasteiger partial charge in [0.25, 0.3) is 0 Å². The van der Waals surface area contributed by atoms with E-state index in [0.717, 1.165) is 5.56 Å². The van der Waals surface area contributed by atoms with Crippen LogP contribution in [0.1, 0.15) is 18.1 Å². The molecule has 0 spiro atoms. The van der Waals surface area contributed by atoms with Crippen molar-refractivity contribution in [3.05, 3.63) is 35.9 Å². The van der Waals surface area contributed by atoms with E-state index in [-0.39, 0.29) is 4.90 Å². The van der Waals surface area contributed by atoms with E-state index < -0.39 is 14.5 Å². The molecule has 0 aliphatic heterocycles. The van der Waals surface area contributed by atoms with Gasteiger partial charge in [-0.1, -0.05) is 24.8 Å². The Balaban J connectivity index is 3.46. The van der Waals surface area contributed by atoms with Crippen molar-refractivity contribution in [2.24, 2.45) is 0 Å². The minimum atomic E-state index is -3.42. The van der Waals surface area contributed by atoms with Crippen LogP contribution in [0, 0.1) is 6.92 Å². The van der Waals surface area contributed by atoms with Gasteiger partial charge >= 0.3 is 0 Å². The van der Waals surface area contributed by atoms with Gasteiger partial charge in [0, 0.05) is 0 Å². The van der Waals surface area contributed by atoms with E-state index >= 15 is 0 Å². The number of hydrogen-bond donors (Lipinski definition) is 0. The molecular formula is C11H13ClO2S. The molecule has 1 atom stereocenters. The summed E-state index contributed by atoms with van der Waals surface area (Å²) >= 11 is 5.66. The molecule has 0 heterocycles. The lowest BCUT2D eigenvalue weighted by molar-refractivity contribution is 0.593. The van der Waals surface area contributed by atoms with Crippen molar-refractivity contribution < 1.29 is 8.42 Å². The van der Waals surface area contributed by atoms with Crippen molar-refractivity contribution in [2.75, 3.05) is 0 Å². The van der Waals surface area contributed by atoms with Gasteiger partial charge in [-0.15, -0.1) is 11.6 Å². The molecule has 0 fully saturated rings. The highest BCUT2D eigenvalue weighted by Gasteiger charge is 2.23. The summed E-state index contributed by atoms with van der Waals surface area (Å²) in [6, 6.07) is 5.08. The molecular weight excluding hydrogens is 232 g/mol. The lowest BCUT2D eigenvalue weighted by Crippen LogP contribution is -2.13. The minimum Gasteiger partial charge on any atom is -0.222 e. The molecule has 0 aliphatic carbocycles. The third kappa shape index (κ3) is 2.24. The number of benzene rings is 1. The first-order valence-corrected chi connectivity index (χ1v) is 6.49. The van der Waals surface area contributed by atoms with Gasteiger partial charge in [-0.25, -0.2) is 8.42 Å². The average Bonchev–Trinajstić information content (AvgIpc) is 2.17. The van der Waals surface area contributed by atoms with E-state index in [1.165, 1.54) is 6.92 Å². The van der Waals surface area contributed by atoms with Crippen molar-refractivity contribution in [1.29, 1.82) is 0 Å². The minimum absolute atomic E-state index is 0.280. The van der Waals surface area contributed by atoms with Crippen LogP contribution < -0.4 is 0 Å². The van der Waals surface area contributed by atoms with Gasteiger partial charge in [-0.2, -0.15) is 0 Å². The van der Waals surface area contributed by atoms with Gasteiger partial charge < -0.3 is 0 Å². The fourth-order valence-corrected chi connectivity index (χ4v) is 2.79. The van der Waals surface area contributed by atoms with Gasteiger partial charge in [0.1, 0.15) is 4.71 Å². The summed E-state index contributed by atoms with van der Waals surface area (Å²) in [6.45, 7) is 6.84. The number of alkyl halides is 1. The van der Waals surface area contributed by atoms with Crippen LogP contribution >= 0.6 is 11.6 Å². The Morgan fingerprint density at radius 2 is 2.07 bits per heavy atom. The van der Waals surface area contributed by atoms with E-state index in [1.807, 2.05) is 6.07 Å². The van der Waals surface area contributed by atoms with E-state index in [0.29, 0.717) is 5.56 Å². The smallest absolute Gasteiger partial charge is 0.195 e. The fraction of sp³-hybridized carbons (Fsp3) is 0.273. The average molecular weight is 245 g/mol. The number of hydrogen-bond acceptors (Lipinski definition) is 2. The van der Waals surface area contributed by atoms with Crippen LogP contribution in [0.4, 0.5) is 0 Å². The van der Waals surface area contributed by atoms with Crippen LogP contribution in [0.15, 0.2) is 29.7 Å². The Hall–Kier alpha value is -0.800. The highest BCUT2D eigenvalue weighted by atomic mass is 35.5. The molecule has 0 amide bonds. The van der Waals surface area contributed by atoms with Crippen molar-refractivity contribution in [3.8, 4) is 0 Å². The molecule has 0 saturated carbocycles. The molecule has 0 saturated heterocycles. The highest BCUT2D eigenvalue weighted by Crippen LogP contribution is 2.24. The third-order valence-corrected chi connectivity index (χ3v) is 4.89. The number of halogens is 1. The van der Waals surface area contributed by atoms with E-state index in [9.17, 15) is 8.42 Å². The first-order chi connectivity index (χ1) is 6.91. The third-order valence-electron chi connectivity index (χ3n) is 2.28. The van der Waals surface area contributed by atoms with E-state index in [1.54, 1.807) is 25.1 Å². The Bertz CT molecular complexity index is 475. The lowest BCUT2D eigenvalue weighted by atomic mass is 10.1. The van der Waals surface area contributed by atoms with Gasteiger partial charge in [-0.05, 0) is 31.0 Å². The van der Waals surface area contributed by atoms with Crippen LogP contribution in [0.25, 0.3) is 6.08 Å². The second-order valence-electron chi connectivity index (χ2n) is 3.26. The largest absolute Gasteiger partial charge is 0.222 e. The van der Waals surface area contributed by atoms with Crippen LogP contribution in [-0.4, -0.2) is 13.1 Å². The summed E-state index contributed by atoms with van der Waals surface area (Å²) < 4.78 is 22.8. The lowest BCUT2D eigenvalue weighted by Gasteiger charge is -2.11. The first-order valence-electron chi connectivity index (χ1n) is 4.51. The monoisotopic (exact) mass is 244 g/mol. The summed E-state index contributed by atoms with van der Waals surface area (Å²) in [4.78, 5) is 0.280. The highest BCUT2D eigenvalue weighted by molar-refractivity contribution is 7.93. The molecule has 0 aliphatic rings. The van der Waals surface area contributed by atoms with Crippen molar-refractivity contribution in [3.63, 3.8) is 0 Å². The van der Waals surface area contributed by atoms with Crippen LogP contribution in [-0.2, 0) is 9.84 Å². The zero-order valence-electron chi connectivity index (χ0n) is 8.70. The molecule has 15 heavy (non-hydrogen) atoms. The number of sulfone groups is 1. The molecule has 82 valence electrons. The molecule has 0 radical (unpaired) electrons. The van der Waals surface area contributed by atoms with Gasteiger partial charge in [0.05, 0.1) is 4.90 Å². The predicted molar refractivity (Wildman–Crippen MR) is 63.8 cm³/mol. The van der Waals surface area contributed by atoms with Gasteiger partial charge in [0.2, 0.25) is 0 Å². The van der Waals surface area contributed by atoms with Crippen molar-refractivity contribution in [1.82, 2.24) is 0 Å². The van der Waals surface area contributed by atoms with Gasteiger partial charge in [-0.3, -0.25) is 0 Å². The maximum Gasteiger partial charge on any atom is 0.195 e. The van der Waals surface area contributed by atoms with Crippen molar-refractivity contribution >= 4 is 27.5 Å². The summed E-state index contributed by atoms with van der Waals surface area (Å²) in [5, 5.41) is 0. The number of rotatable bonds is 3. The molecule has 0 aromatic heterocycles. The SMILES string of the molecule is C=Cc1cccc(S(=O)(=O)C(C)Cl)c1C. The Kier molecular flexibility index (Phi) is 3.58. The van der Waals surface area contributed by atoms with E-state index in [4.69, 9.17) is 11.6 Å². The Morgan fingerprint density at radius 1 is 1.47 bits per heavy atom. The molecule has 1 aromatic carbocycles. The second-order valence-corrected chi connectivity index (χ2v) is 6.41. The summed E-state index contributed by atoms with van der Waals surface area (Å²) in [5.41, 5.74) is 1.51. The normalized spacial score (nSPS) is 13.5. The summed E-state index contributed by atoms with van der Waals surface area (Å²) in [6.07, 6.45) is 1.63. The van der Waals surface area contributed by atoms with E-state index in [2.05, 4.69) is 6.58 Å². The van der Waals surface area contributed by atoms with Crippen LogP contribution in [0.5, 0.6) is 0 Å². The molecule has 0 N–H and O–H groups in total. The zero-order valence-corrected chi connectivity index (χ0v) is 10.3. The molecule has 1 rings (SSSR count). The van der Waals surface area contributed by atoms with Gasteiger partial charge in [0.15, 0.2) is 9.84 Å². The molecule has 0 bridgehead atoms. The second kappa shape index (κ2) is 4.37. The quantitative estimate of drug-likeness (QED) is 0.766. The van der Waals surface area contributed by atoms with Crippen LogP contribution in [0.2, 0.25) is 0 Å². The standard InChI is InChI=1S/C11H13ClO2S/c1-4-10-6-5-7-11(8(10)2)15(13,14)9(3)12/h4-7,9H,1H2,2-3H3. The molecule has 1 unspecified atom stereocenters. The topological polar surface area (TPSA) is 34.1 Å². The first kappa shape index (κ1) is 12.3. The Labute approximate surface area is 95.5 Å². The fourth-order valence-electron chi connectivity index (χ4n) is 1.34. The molecule has 2 nitrogen and oxygen atoms in total. The summed E-state index contributed by atoms with van der Waals surface area (Å²) in [5.74, 6) is 0. The summed E-state index contributed by atoms with van der Waals surface area (Å²) in [7, 11) is -3.42. The molecule has 1 aromatic rings. The molecule has 4 heteroatoms. The zero-order chi connectivity index (χ0) is 11.6. The maximum absolute atomic E-state index is 11.9. The predicted octanol–water partition coefficient (Wildman–Crippen LogP) is 3.00. The Morgan fingerprint density at radius 3 is 2.53 bits per heavy atom. The van der Waals surface area contributed by atoms with Crippen LogP contribution in [0.3, 0.4) is 0 Å². The maximum atomic E-state index is 11.9. The van der Waals surface area contributed by atoms with Crippen molar-refractivity contribution in [2.45, 2.75) is 23.5 Å².